The molecule has 0 bridgehead atoms. The van der Waals surface area contributed by atoms with E-state index in [0.717, 1.165) is 30.3 Å². The molecule has 0 aliphatic heterocycles. The first kappa shape index (κ1) is 16.2. The molecule has 0 saturated carbocycles. The highest BCUT2D eigenvalue weighted by Gasteiger charge is 1.97. The molecule has 0 N–H and O–H groups in total. The molecular formula is C16H26O2S. The van der Waals surface area contributed by atoms with Crippen molar-refractivity contribution >= 4 is 12.6 Å². The zero-order chi connectivity index (χ0) is 13.8. The summed E-state index contributed by atoms with van der Waals surface area (Å²) in [6, 6.07) is 7.78. The van der Waals surface area contributed by atoms with Gasteiger partial charge in [0.2, 0.25) is 0 Å². The first-order valence-corrected chi connectivity index (χ1v) is 7.88. The second kappa shape index (κ2) is 11.0. The Labute approximate surface area is 122 Å². The van der Waals surface area contributed by atoms with Crippen molar-refractivity contribution in [3.8, 4) is 11.5 Å². The highest BCUT2D eigenvalue weighted by molar-refractivity contribution is 7.80. The zero-order valence-electron chi connectivity index (χ0n) is 11.9. The van der Waals surface area contributed by atoms with Gasteiger partial charge in [-0.1, -0.05) is 38.2 Å². The van der Waals surface area contributed by atoms with Gasteiger partial charge in [0.25, 0.3) is 0 Å². The lowest BCUT2D eigenvalue weighted by atomic mass is 10.1. The van der Waals surface area contributed by atoms with E-state index in [0.29, 0.717) is 0 Å². The number of methoxy groups -OCH3 is 1. The monoisotopic (exact) mass is 282 g/mol. The van der Waals surface area contributed by atoms with Gasteiger partial charge in [-0.05, 0) is 30.7 Å². The van der Waals surface area contributed by atoms with Gasteiger partial charge in [0.1, 0.15) is 11.5 Å². The molecule has 0 fully saturated rings. The van der Waals surface area contributed by atoms with Crippen LogP contribution in [0, 0.1) is 0 Å². The number of thiol groups is 1. The summed E-state index contributed by atoms with van der Waals surface area (Å²) in [6.07, 6.45) is 8.96. The standard InChI is InChI=1S/C16H26O2S/c1-17-15-10-9-11-16(14-15)18-12-7-5-3-2-4-6-8-13-19/h9-11,14,19H,2-8,12-13H2,1H3. The number of rotatable bonds is 11. The van der Waals surface area contributed by atoms with Crippen molar-refractivity contribution in [1.82, 2.24) is 0 Å². The molecule has 0 atom stereocenters. The molecule has 2 nitrogen and oxygen atoms in total. The zero-order valence-corrected chi connectivity index (χ0v) is 12.8. The molecule has 0 heterocycles. The van der Waals surface area contributed by atoms with Crippen molar-refractivity contribution in [3.63, 3.8) is 0 Å². The predicted molar refractivity (Wildman–Crippen MR) is 84.7 cm³/mol. The Bertz CT molecular complexity index is 328. The normalized spacial score (nSPS) is 10.4. The second-order valence-electron chi connectivity index (χ2n) is 4.73. The molecule has 3 heteroatoms. The van der Waals surface area contributed by atoms with Gasteiger partial charge in [-0.2, -0.15) is 12.6 Å². The van der Waals surface area contributed by atoms with Gasteiger partial charge in [0.05, 0.1) is 13.7 Å². The molecule has 108 valence electrons. The van der Waals surface area contributed by atoms with E-state index in [9.17, 15) is 0 Å². The van der Waals surface area contributed by atoms with Crippen LogP contribution in [0.4, 0.5) is 0 Å². The summed E-state index contributed by atoms with van der Waals surface area (Å²) in [5, 5.41) is 0. The SMILES string of the molecule is COc1cccc(OCCCCCCCCCS)c1. The maximum Gasteiger partial charge on any atom is 0.122 e. The molecular weight excluding hydrogens is 256 g/mol. The van der Waals surface area contributed by atoms with Gasteiger partial charge < -0.3 is 9.47 Å². The van der Waals surface area contributed by atoms with Crippen molar-refractivity contribution in [3.05, 3.63) is 24.3 Å². The van der Waals surface area contributed by atoms with Crippen molar-refractivity contribution in [2.75, 3.05) is 19.5 Å². The van der Waals surface area contributed by atoms with Crippen LogP contribution in [0.1, 0.15) is 44.9 Å². The lowest BCUT2D eigenvalue weighted by molar-refractivity contribution is 0.302. The molecule has 0 aliphatic carbocycles. The molecule has 19 heavy (non-hydrogen) atoms. The van der Waals surface area contributed by atoms with Crippen molar-refractivity contribution in [2.24, 2.45) is 0 Å². The van der Waals surface area contributed by atoms with E-state index in [1.807, 2.05) is 24.3 Å². The third-order valence-corrected chi connectivity index (χ3v) is 3.43. The maximum absolute atomic E-state index is 5.70. The second-order valence-corrected chi connectivity index (χ2v) is 5.17. The molecule has 0 saturated heterocycles. The van der Waals surface area contributed by atoms with Gasteiger partial charge in [-0.3, -0.25) is 0 Å². The topological polar surface area (TPSA) is 18.5 Å². The van der Waals surface area contributed by atoms with Crippen LogP contribution in [-0.2, 0) is 0 Å². The predicted octanol–water partition coefficient (Wildman–Crippen LogP) is 4.73. The van der Waals surface area contributed by atoms with Crippen LogP contribution in [0.5, 0.6) is 11.5 Å². The largest absolute Gasteiger partial charge is 0.497 e. The van der Waals surface area contributed by atoms with Crippen LogP contribution >= 0.6 is 12.6 Å². The van der Waals surface area contributed by atoms with Crippen molar-refractivity contribution in [1.29, 1.82) is 0 Å². The van der Waals surface area contributed by atoms with Gasteiger partial charge in [0.15, 0.2) is 0 Å². The van der Waals surface area contributed by atoms with E-state index in [1.54, 1.807) is 7.11 Å². The van der Waals surface area contributed by atoms with Gasteiger partial charge in [-0.15, -0.1) is 0 Å². The maximum atomic E-state index is 5.70. The number of benzene rings is 1. The number of unbranched alkanes of at least 4 members (excludes halogenated alkanes) is 6. The molecule has 0 aromatic heterocycles. The Morgan fingerprint density at radius 1 is 0.895 bits per heavy atom. The number of hydrogen-bond donors (Lipinski definition) is 1. The Kier molecular flexibility index (Phi) is 9.42. The molecule has 0 unspecified atom stereocenters. The first-order chi connectivity index (χ1) is 9.36. The fraction of sp³-hybridized carbons (Fsp3) is 0.625. The number of hydrogen-bond acceptors (Lipinski definition) is 3. The lowest BCUT2D eigenvalue weighted by Crippen LogP contribution is -1.97. The molecule has 0 amide bonds. The fourth-order valence-corrected chi connectivity index (χ4v) is 2.20. The summed E-state index contributed by atoms with van der Waals surface area (Å²) in [5.41, 5.74) is 0. The summed E-state index contributed by atoms with van der Waals surface area (Å²) in [7, 11) is 1.67. The quantitative estimate of drug-likeness (QED) is 0.467. The van der Waals surface area contributed by atoms with Crippen molar-refractivity contribution in [2.45, 2.75) is 44.9 Å². The van der Waals surface area contributed by atoms with Crippen LogP contribution < -0.4 is 9.47 Å². The van der Waals surface area contributed by atoms with E-state index in [2.05, 4.69) is 12.6 Å². The minimum absolute atomic E-state index is 0.795. The van der Waals surface area contributed by atoms with Crippen LogP contribution in [0.15, 0.2) is 24.3 Å². The average Bonchev–Trinajstić information content (AvgIpc) is 2.46. The van der Waals surface area contributed by atoms with E-state index in [1.165, 1.54) is 38.5 Å². The summed E-state index contributed by atoms with van der Waals surface area (Å²) in [6.45, 7) is 0.795. The third kappa shape index (κ3) is 8.04. The molecule has 0 aliphatic rings. The van der Waals surface area contributed by atoms with E-state index < -0.39 is 0 Å². The summed E-state index contributed by atoms with van der Waals surface area (Å²) < 4.78 is 10.9. The van der Waals surface area contributed by atoms with Crippen LogP contribution in [0.3, 0.4) is 0 Å². The van der Waals surface area contributed by atoms with Gasteiger partial charge in [0, 0.05) is 6.07 Å². The minimum atomic E-state index is 0.795. The first-order valence-electron chi connectivity index (χ1n) is 7.24. The average molecular weight is 282 g/mol. The summed E-state index contributed by atoms with van der Waals surface area (Å²) >= 11 is 4.22. The highest BCUT2D eigenvalue weighted by atomic mass is 32.1. The Morgan fingerprint density at radius 2 is 1.53 bits per heavy atom. The molecule has 1 rings (SSSR count). The van der Waals surface area contributed by atoms with Gasteiger partial charge >= 0.3 is 0 Å². The number of ether oxygens (including phenoxy) is 2. The Hall–Kier alpha value is -0.830. The van der Waals surface area contributed by atoms with E-state index >= 15 is 0 Å². The summed E-state index contributed by atoms with van der Waals surface area (Å²) in [4.78, 5) is 0. The Balaban J connectivity index is 1.98. The van der Waals surface area contributed by atoms with Crippen LogP contribution in [0.25, 0.3) is 0 Å². The molecule has 0 radical (unpaired) electrons. The molecule has 0 spiro atoms. The summed E-state index contributed by atoms with van der Waals surface area (Å²) in [5.74, 6) is 2.77. The van der Waals surface area contributed by atoms with E-state index in [4.69, 9.17) is 9.47 Å². The van der Waals surface area contributed by atoms with Crippen LogP contribution in [0.2, 0.25) is 0 Å². The lowest BCUT2D eigenvalue weighted by Gasteiger charge is -2.07. The fourth-order valence-electron chi connectivity index (χ4n) is 1.98. The van der Waals surface area contributed by atoms with Crippen LogP contribution in [-0.4, -0.2) is 19.5 Å². The van der Waals surface area contributed by atoms with Crippen molar-refractivity contribution < 1.29 is 9.47 Å². The minimum Gasteiger partial charge on any atom is -0.497 e. The molecule has 1 aromatic rings. The highest BCUT2D eigenvalue weighted by Crippen LogP contribution is 2.19. The van der Waals surface area contributed by atoms with Gasteiger partial charge in [-0.25, -0.2) is 0 Å². The Morgan fingerprint density at radius 3 is 2.21 bits per heavy atom. The molecule has 1 aromatic carbocycles. The smallest absolute Gasteiger partial charge is 0.122 e. The third-order valence-electron chi connectivity index (χ3n) is 3.11. The van der Waals surface area contributed by atoms with E-state index in [-0.39, 0.29) is 0 Å².